The number of nitrogens with one attached hydrogen (secondary N) is 2. The number of fused-ring (bicyclic) bond motifs is 1. The number of hydrogen-bond acceptors (Lipinski definition) is 4. The van der Waals surface area contributed by atoms with Gasteiger partial charge in [-0.15, -0.1) is 0 Å². The number of benzene rings is 2. The third-order valence-electron chi connectivity index (χ3n) is 4.63. The Morgan fingerprint density at radius 1 is 1.07 bits per heavy atom. The van der Waals surface area contributed by atoms with Crippen LogP contribution in [0, 0.1) is 0 Å². The minimum absolute atomic E-state index is 0.119. The van der Waals surface area contributed by atoms with Gasteiger partial charge in [0, 0.05) is 24.3 Å². The minimum Gasteiger partial charge on any atom is -0.352 e. The summed E-state index contributed by atoms with van der Waals surface area (Å²) < 4.78 is 0. The van der Waals surface area contributed by atoms with E-state index in [9.17, 15) is 14.4 Å². The summed E-state index contributed by atoms with van der Waals surface area (Å²) in [6, 6.07) is 15.2. The highest BCUT2D eigenvalue weighted by atomic mass is 16.2. The Morgan fingerprint density at radius 2 is 1.89 bits per heavy atom. The van der Waals surface area contributed by atoms with E-state index < -0.39 is 18.0 Å². The van der Waals surface area contributed by atoms with Crippen molar-refractivity contribution in [2.75, 3.05) is 4.90 Å². The van der Waals surface area contributed by atoms with Gasteiger partial charge in [-0.05, 0) is 23.1 Å². The lowest BCUT2D eigenvalue weighted by Crippen LogP contribution is -2.36. The van der Waals surface area contributed by atoms with Crippen LogP contribution >= 0.6 is 0 Å². The number of carbonyl (C=O) groups is 3. The second kappa shape index (κ2) is 7.48. The van der Waals surface area contributed by atoms with Gasteiger partial charge in [-0.3, -0.25) is 14.6 Å². The Labute approximate surface area is 161 Å². The second-order valence-electron chi connectivity index (χ2n) is 6.52. The van der Waals surface area contributed by atoms with Crippen LogP contribution < -0.4 is 15.5 Å². The number of amides is 4. The largest absolute Gasteiger partial charge is 0.352 e. The Morgan fingerprint density at radius 3 is 2.71 bits per heavy atom. The molecule has 1 aromatic heterocycles. The van der Waals surface area contributed by atoms with Gasteiger partial charge in [-0.25, -0.2) is 9.69 Å². The van der Waals surface area contributed by atoms with Crippen LogP contribution in [0.5, 0.6) is 0 Å². The van der Waals surface area contributed by atoms with Crippen LogP contribution in [0.25, 0.3) is 10.8 Å². The molecule has 4 amide bonds. The fourth-order valence-electron chi connectivity index (χ4n) is 3.26. The van der Waals surface area contributed by atoms with Crippen LogP contribution in [0.4, 0.5) is 10.5 Å². The van der Waals surface area contributed by atoms with Crippen molar-refractivity contribution in [3.05, 3.63) is 72.6 Å². The van der Waals surface area contributed by atoms with Gasteiger partial charge in [0.2, 0.25) is 5.91 Å². The second-order valence-corrected chi connectivity index (χ2v) is 6.52. The predicted molar refractivity (Wildman–Crippen MR) is 104 cm³/mol. The Kier molecular flexibility index (Phi) is 4.72. The molecule has 0 saturated carbocycles. The predicted octanol–water partition coefficient (Wildman–Crippen LogP) is 2.37. The Bertz CT molecular complexity index is 1050. The number of urea groups is 1. The van der Waals surface area contributed by atoms with E-state index in [-0.39, 0.29) is 12.3 Å². The molecule has 1 saturated heterocycles. The van der Waals surface area contributed by atoms with E-state index in [1.807, 2.05) is 36.4 Å². The van der Waals surface area contributed by atoms with E-state index in [0.29, 0.717) is 12.2 Å². The molecule has 140 valence electrons. The molecular weight excluding hydrogens is 356 g/mol. The summed E-state index contributed by atoms with van der Waals surface area (Å²) in [5, 5.41) is 7.08. The summed E-state index contributed by atoms with van der Waals surface area (Å²) in [4.78, 5) is 42.6. The highest BCUT2D eigenvalue weighted by molar-refractivity contribution is 6.24. The summed E-state index contributed by atoms with van der Waals surface area (Å²) >= 11 is 0. The zero-order chi connectivity index (χ0) is 19.5. The van der Waals surface area contributed by atoms with Gasteiger partial charge in [0.15, 0.2) is 0 Å². The average Bonchev–Trinajstić information content (AvgIpc) is 2.99. The van der Waals surface area contributed by atoms with Gasteiger partial charge in [-0.2, -0.15) is 0 Å². The van der Waals surface area contributed by atoms with Crippen LogP contribution in [-0.4, -0.2) is 28.9 Å². The van der Waals surface area contributed by atoms with Crippen molar-refractivity contribution in [2.24, 2.45) is 0 Å². The van der Waals surface area contributed by atoms with Gasteiger partial charge < -0.3 is 10.6 Å². The molecule has 1 aliphatic rings. The molecule has 1 aliphatic heterocycles. The summed E-state index contributed by atoms with van der Waals surface area (Å²) in [5.74, 6) is -0.750. The first-order valence-electron chi connectivity index (χ1n) is 8.91. The van der Waals surface area contributed by atoms with E-state index in [1.54, 1.807) is 30.6 Å². The van der Waals surface area contributed by atoms with Crippen LogP contribution in [0.1, 0.15) is 12.0 Å². The van der Waals surface area contributed by atoms with Crippen molar-refractivity contribution >= 4 is 34.3 Å². The number of rotatable bonds is 5. The first-order chi connectivity index (χ1) is 13.6. The zero-order valence-electron chi connectivity index (χ0n) is 15.0. The average molecular weight is 374 g/mol. The molecule has 1 atom stereocenters. The molecular formula is C21H18N4O3. The van der Waals surface area contributed by atoms with Crippen LogP contribution in [0.3, 0.4) is 0 Å². The number of pyridine rings is 1. The molecule has 2 N–H and O–H groups in total. The number of aromatic nitrogens is 1. The lowest BCUT2D eigenvalue weighted by molar-refractivity contribution is -0.125. The van der Waals surface area contributed by atoms with Crippen molar-refractivity contribution in [3.8, 4) is 0 Å². The van der Waals surface area contributed by atoms with Crippen molar-refractivity contribution in [1.82, 2.24) is 15.6 Å². The Hall–Kier alpha value is -3.74. The third-order valence-corrected chi connectivity index (χ3v) is 4.63. The summed E-state index contributed by atoms with van der Waals surface area (Å²) in [5.41, 5.74) is 1.37. The molecule has 1 fully saturated rings. The SMILES string of the molecule is O=C(CC1NC(=O)N(c2cccc3ccccc23)C1=O)NCc1cccnc1. The fourth-order valence-corrected chi connectivity index (χ4v) is 3.26. The van der Waals surface area contributed by atoms with E-state index in [0.717, 1.165) is 21.2 Å². The third kappa shape index (κ3) is 3.42. The molecule has 0 bridgehead atoms. The van der Waals surface area contributed by atoms with Gasteiger partial charge in [0.05, 0.1) is 12.1 Å². The molecule has 1 unspecified atom stereocenters. The van der Waals surface area contributed by atoms with Crippen LogP contribution in [0.15, 0.2) is 67.0 Å². The number of carbonyl (C=O) groups excluding carboxylic acids is 3. The van der Waals surface area contributed by atoms with E-state index in [4.69, 9.17) is 0 Å². The maximum atomic E-state index is 12.8. The quantitative estimate of drug-likeness (QED) is 0.671. The number of hydrogen-bond donors (Lipinski definition) is 2. The lowest BCUT2D eigenvalue weighted by Gasteiger charge is -2.15. The lowest BCUT2D eigenvalue weighted by atomic mass is 10.1. The zero-order valence-corrected chi connectivity index (χ0v) is 15.0. The Balaban J connectivity index is 1.47. The molecule has 0 spiro atoms. The van der Waals surface area contributed by atoms with Gasteiger partial charge in [-0.1, -0.05) is 42.5 Å². The molecule has 4 rings (SSSR count). The highest BCUT2D eigenvalue weighted by Crippen LogP contribution is 2.29. The summed E-state index contributed by atoms with van der Waals surface area (Å²) in [6.45, 7) is 0.314. The first kappa shape index (κ1) is 17.7. The number of imide groups is 1. The maximum Gasteiger partial charge on any atom is 0.329 e. The maximum absolute atomic E-state index is 12.8. The van der Waals surface area contributed by atoms with Crippen molar-refractivity contribution in [1.29, 1.82) is 0 Å². The fraction of sp³-hybridized carbons (Fsp3) is 0.143. The molecule has 7 nitrogen and oxygen atoms in total. The number of nitrogens with zero attached hydrogens (tertiary/aromatic N) is 2. The van der Waals surface area contributed by atoms with Crippen molar-refractivity contribution < 1.29 is 14.4 Å². The van der Waals surface area contributed by atoms with Gasteiger partial charge >= 0.3 is 6.03 Å². The van der Waals surface area contributed by atoms with Gasteiger partial charge in [0.25, 0.3) is 5.91 Å². The molecule has 28 heavy (non-hydrogen) atoms. The standard InChI is InChI=1S/C21H18N4O3/c26-19(23-13-14-5-4-10-22-12-14)11-17-20(27)25(21(28)24-17)18-9-3-7-15-6-1-2-8-16(15)18/h1-10,12,17H,11,13H2,(H,23,26)(H,24,28). The van der Waals surface area contributed by atoms with E-state index >= 15 is 0 Å². The topological polar surface area (TPSA) is 91.4 Å². The summed E-state index contributed by atoms with van der Waals surface area (Å²) in [6.07, 6.45) is 3.19. The van der Waals surface area contributed by atoms with Crippen LogP contribution in [-0.2, 0) is 16.1 Å². The molecule has 3 aromatic rings. The summed E-state index contributed by atoms with van der Waals surface area (Å²) in [7, 11) is 0. The minimum atomic E-state index is -0.889. The normalized spacial score (nSPS) is 16.3. The monoisotopic (exact) mass is 374 g/mol. The van der Waals surface area contributed by atoms with E-state index in [2.05, 4.69) is 15.6 Å². The molecule has 0 aliphatic carbocycles. The molecule has 2 heterocycles. The molecule has 0 radical (unpaired) electrons. The van der Waals surface area contributed by atoms with Gasteiger partial charge in [0.1, 0.15) is 6.04 Å². The van der Waals surface area contributed by atoms with E-state index in [1.165, 1.54) is 0 Å². The molecule has 2 aromatic carbocycles. The van der Waals surface area contributed by atoms with Crippen molar-refractivity contribution in [3.63, 3.8) is 0 Å². The van der Waals surface area contributed by atoms with Crippen LogP contribution in [0.2, 0.25) is 0 Å². The smallest absolute Gasteiger partial charge is 0.329 e. The van der Waals surface area contributed by atoms with Crippen molar-refractivity contribution in [2.45, 2.75) is 19.0 Å². The highest BCUT2D eigenvalue weighted by Gasteiger charge is 2.40. The molecule has 7 heteroatoms. The number of anilines is 1. The first-order valence-corrected chi connectivity index (χ1v) is 8.91.